The second-order valence-corrected chi connectivity index (χ2v) is 6.15. The zero-order valence-corrected chi connectivity index (χ0v) is 14.1. The Morgan fingerprint density at radius 2 is 1.96 bits per heavy atom. The summed E-state index contributed by atoms with van der Waals surface area (Å²) in [6.45, 7) is 3.05. The number of hydrogen-bond acceptors (Lipinski definition) is 3. The minimum atomic E-state index is -0.388. The molecule has 0 aromatic heterocycles. The maximum Gasteiger partial charge on any atom is 0.321 e. The summed E-state index contributed by atoms with van der Waals surface area (Å²) in [5.74, 6) is -0.541. The van der Waals surface area contributed by atoms with E-state index in [0.29, 0.717) is 18.8 Å². The van der Waals surface area contributed by atoms with Gasteiger partial charge in [0.05, 0.1) is 5.92 Å². The Hall–Kier alpha value is -2.86. The van der Waals surface area contributed by atoms with Crippen molar-refractivity contribution in [3.63, 3.8) is 0 Å². The number of hydrogen-bond donors (Lipinski definition) is 3. The fraction of sp³-hybridized carbons (Fsp3) is 0.263. The molecule has 0 saturated carbocycles. The first-order chi connectivity index (χ1) is 12.1. The van der Waals surface area contributed by atoms with E-state index in [1.807, 2.05) is 49.4 Å². The zero-order valence-electron chi connectivity index (χ0n) is 14.1. The van der Waals surface area contributed by atoms with Crippen LogP contribution in [-0.2, 0) is 4.79 Å². The highest BCUT2D eigenvalue weighted by atomic mass is 16.2. The van der Waals surface area contributed by atoms with Gasteiger partial charge in [-0.05, 0) is 23.8 Å². The molecule has 0 spiro atoms. The molecule has 3 amide bonds. The van der Waals surface area contributed by atoms with Gasteiger partial charge in [0.25, 0.3) is 0 Å². The van der Waals surface area contributed by atoms with Gasteiger partial charge in [-0.2, -0.15) is 0 Å². The second-order valence-electron chi connectivity index (χ2n) is 6.15. The maximum absolute atomic E-state index is 12.5. The Labute approximate surface area is 147 Å². The molecule has 6 heteroatoms. The van der Waals surface area contributed by atoms with Crippen LogP contribution < -0.4 is 21.3 Å². The summed E-state index contributed by atoms with van der Waals surface area (Å²) in [5.41, 5.74) is 8.55. The highest BCUT2D eigenvalue weighted by molar-refractivity contribution is 5.96. The molecule has 3 rings (SSSR count). The number of nitrogens with two attached hydrogens (primary N) is 1. The van der Waals surface area contributed by atoms with Crippen molar-refractivity contribution in [2.75, 3.05) is 23.3 Å². The molecule has 6 nitrogen and oxygen atoms in total. The molecule has 2 aromatic rings. The molecule has 1 aliphatic rings. The molecule has 25 heavy (non-hydrogen) atoms. The molecule has 0 aliphatic carbocycles. The van der Waals surface area contributed by atoms with Gasteiger partial charge >= 0.3 is 6.03 Å². The van der Waals surface area contributed by atoms with Crippen LogP contribution in [-0.4, -0.2) is 25.0 Å². The Kier molecular flexibility index (Phi) is 5.00. The fourth-order valence-corrected chi connectivity index (χ4v) is 2.85. The second kappa shape index (κ2) is 7.36. The first-order valence-corrected chi connectivity index (χ1v) is 8.33. The SMILES string of the molecule is CC(C(=O)Nc1cccc(N2CCNC2=O)c1)C(N)c1ccccc1. The molecular formula is C19H22N4O2. The molecule has 2 atom stereocenters. The standard InChI is InChI=1S/C19H22N4O2/c1-13(17(20)14-6-3-2-4-7-14)18(24)22-15-8-5-9-16(12-15)23-11-10-21-19(23)25/h2-9,12-13,17H,10-11,20H2,1H3,(H,21,25)(H,22,24). The van der Waals surface area contributed by atoms with Crippen LogP contribution in [0.1, 0.15) is 18.5 Å². The Bertz CT molecular complexity index is 763. The smallest absolute Gasteiger partial charge is 0.321 e. The molecular weight excluding hydrogens is 316 g/mol. The Balaban J connectivity index is 1.69. The van der Waals surface area contributed by atoms with Gasteiger partial charge in [-0.3, -0.25) is 9.69 Å². The van der Waals surface area contributed by atoms with E-state index >= 15 is 0 Å². The predicted molar refractivity (Wildman–Crippen MR) is 98.4 cm³/mol. The monoisotopic (exact) mass is 338 g/mol. The van der Waals surface area contributed by atoms with Gasteiger partial charge in [-0.25, -0.2) is 4.79 Å². The minimum absolute atomic E-state index is 0.122. The molecule has 2 unspecified atom stereocenters. The van der Waals surface area contributed by atoms with E-state index in [4.69, 9.17) is 5.73 Å². The van der Waals surface area contributed by atoms with Crippen molar-refractivity contribution in [3.05, 3.63) is 60.2 Å². The van der Waals surface area contributed by atoms with Gasteiger partial charge in [-0.15, -0.1) is 0 Å². The normalized spacial score (nSPS) is 16.2. The van der Waals surface area contributed by atoms with Crippen LogP contribution in [0.3, 0.4) is 0 Å². The number of nitrogens with one attached hydrogen (secondary N) is 2. The van der Waals surface area contributed by atoms with Crippen molar-refractivity contribution < 1.29 is 9.59 Å². The molecule has 1 fully saturated rings. The van der Waals surface area contributed by atoms with Crippen LogP contribution in [0.5, 0.6) is 0 Å². The van der Waals surface area contributed by atoms with Gasteiger partial charge in [0, 0.05) is 30.5 Å². The lowest BCUT2D eigenvalue weighted by atomic mass is 9.94. The topological polar surface area (TPSA) is 87.5 Å². The van der Waals surface area contributed by atoms with Crippen LogP contribution in [0.2, 0.25) is 0 Å². The summed E-state index contributed by atoms with van der Waals surface area (Å²) in [7, 11) is 0. The van der Waals surface area contributed by atoms with E-state index in [-0.39, 0.29) is 23.9 Å². The summed E-state index contributed by atoms with van der Waals surface area (Å²) in [4.78, 5) is 26.0. The minimum Gasteiger partial charge on any atom is -0.336 e. The van der Waals surface area contributed by atoms with Gasteiger partial charge in [0.1, 0.15) is 0 Å². The first kappa shape index (κ1) is 17.0. The van der Waals surface area contributed by atoms with Crippen molar-refractivity contribution in [2.24, 2.45) is 11.7 Å². The lowest BCUT2D eigenvalue weighted by Crippen LogP contribution is -2.31. The van der Waals surface area contributed by atoms with Gasteiger partial charge < -0.3 is 16.4 Å². The van der Waals surface area contributed by atoms with E-state index in [9.17, 15) is 9.59 Å². The molecule has 0 radical (unpaired) electrons. The number of carbonyl (C=O) groups is 2. The number of rotatable bonds is 5. The van der Waals surface area contributed by atoms with Crippen molar-refractivity contribution >= 4 is 23.3 Å². The van der Waals surface area contributed by atoms with Crippen LogP contribution >= 0.6 is 0 Å². The summed E-state index contributed by atoms with van der Waals surface area (Å²) in [6.07, 6.45) is 0. The van der Waals surface area contributed by atoms with E-state index < -0.39 is 0 Å². The Morgan fingerprint density at radius 3 is 2.64 bits per heavy atom. The maximum atomic E-state index is 12.5. The van der Waals surface area contributed by atoms with Gasteiger partial charge in [-0.1, -0.05) is 43.3 Å². The number of benzene rings is 2. The molecule has 1 saturated heterocycles. The summed E-state index contributed by atoms with van der Waals surface area (Å²) >= 11 is 0. The summed E-state index contributed by atoms with van der Waals surface area (Å²) in [5, 5.41) is 5.66. The average Bonchev–Trinajstić information content (AvgIpc) is 3.07. The molecule has 1 aliphatic heterocycles. The molecule has 0 bridgehead atoms. The quantitative estimate of drug-likeness (QED) is 0.783. The highest BCUT2D eigenvalue weighted by Crippen LogP contribution is 2.24. The van der Waals surface area contributed by atoms with Crippen molar-refractivity contribution in [2.45, 2.75) is 13.0 Å². The van der Waals surface area contributed by atoms with E-state index in [1.165, 1.54) is 0 Å². The number of anilines is 2. The predicted octanol–water partition coefficient (Wildman–Crippen LogP) is 2.49. The van der Waals surface area contributed by atoms with Crippen molar-refractivity contribution in [1.29, 1.82) is 0 Å². The summed E-state index contributed by atoms with van der Waals surface area (Å²) < 4.78 is 0. The molecule has 2 aromatic carbocycles. The third-order valence-electron chi connectivity index (χ3n) is 4.42. The molecule has 130 valence electrons. The van der Waals surface area contributed by atoms with Gasteiger partial charge in [0.2, 0.25) is 5.91 Å². The van der Waals surface area contributed by atoms with Crippen LogP contribution in [0.4, 0.5) is 16.2 Å². The van der Waals surface area contributed by atoms with Crippen molar-refractivity contribution in [3.8, 4) is 0 Å². The number of urea groups is 1. The van der Waals surface area contributed by atoms with Crippen LogP contribution in [0.15, 0.2) is 54.6 Å². The lowest BCUT2D eigenvalue weighted by molar-refractivity contribution is -0.120. The zero-order chi connectivity index (χ0) is 17.8. The number of carbonyl (C=O) groups excluding carboxylic acids is 2. The van der Waals surface area contributed by atoms with Crippen molar-refractivity contribution in [1.82, 2.24) is 5.32 Å². The third-order valence-corrected chi connectivity index (χ3v) is 4.42. The molecule has 4 N–H and O–H groups in total. The van der Waals surface area contributed by atoms with E-state index in [1.54, 1.807) is 17.0 Å². The van der Waals surface area contributed by atoms with Crippen LogP contribution in [0.25, 0.3) is 0 Å². The Morgan fingerprint density at radius 1 is 1.20 bits per heavy atom. The summed E-state index contributed by atoms with van der Waals surface area (Å²) in [6, 6.07) is 16.3. The number of nitrogens with zero attached hydrogens (tertiary/aromatic N) is 1. The highest BCUT2D eigenvalue weighted by Gasteiger charge is 2.24. The largest absolute Gasteiger partial charge is 0.336 e. The lowest BCUT2D eigenvalue weighted by Gasteiger charge is -2.20. The fourth-order valence-electron chi connectivity index (χ4n) is 2.85. The van der Waals surface area contributed by atoms with E-state index in [2.05, 4.69) is 10.6 Å². The molecule has 1 heterocycles. The number of amides is 3. The first-order valence-electron chi connectivity index (χ1n) is 8.33. The van der Waals surface area contributed by atoms with Crippen LogP contribution in [0, 0.1) is 5.92 Å². The average molecular weight is 338 g/mol. The van der Waals surface area contributed by atoms with E-state index in [0.717, 1.165) is 11.3 Å². The van der Waals surface area contributed by atoms with Gasteiger partial charge in [0.15, 0.2) is 0 Å². The third kappa shape index (κ3) is 3.80.